The summed E-state index contributed by atoms with van der Waals surface area (Å²) >= 11 is 7.04. The van der Waals surface area contributed by atoms with E-state index in [2.05, 4.69) is 58.5 Å². The second-order valence-electron chi connectivity index (χ2n) is 3.86. The van der Waals surface area contributed by atoms with E-state index >= 15 is 0 Å². The van der Waals surface area contributed by atoms with Gasteiger partial charge in [0.1, 0.15) is 22.4 Å². The molecule has 100 valence electrons. The SMILES string of the molecule is CCNc1ncnc(NCc2ccccc2Br)c1Br. The van der Waals surface area contributed by atoms with E-state index in [4.69, 9.17) is 0 Å². The van der Waals surface area contributed by atoms with Gasteiger partial charge >= 0.3 is 0 Å². The third-order valence-corrected chi connectivity index (χ3v) is 4.06. The molecule has 0 aliphatic carbocycles. The van der Waals surface area contributed by atoms with E-state index in [1.807, 2.05) is 25.1 Å². The number of aromatic nitrogens is 2. The number of halogens is 2. The molecule has 19 heavy (non-hydrogen) atoms. The van der Waals surface area contributed by atoms with Crippen LogP contribution in [0, 0.1) is 0 Å². The van der Waals surface area contributed by atoms with E-state index in [0.29, 0.717) is 6.54 Å². The van der Waals surface area contributed by atoms with E-state index in [0.717, 1.165) is 27.1 Å². The summed E-state index contributed by atoms with van der Waals surface area (Å²) in [5.74, 6) is 1.58. The molecule has 0 aliphatic heterocycles. The van der Waals surface area contributed by atoms with E-state index in [1.165, 1.54) is 5.56 Å². The van der Waals surface area contributed by atoms with E-state index in [1.54, 1.807) is 6.33 Å². The van der Waals surface area contributed by atoms with Crippen LogP contribution in [0.4, 0.5) is 11.6 Å². The zero-order chi connectivity index (χ0) is 13.7. The minimum atomic E-state index is 0.697. The summed E-state index contributed by atoms with van der Waals surface area (Å²) in [5, 5.41) is 6.48. The van der Waals surface area contributed by atoms with Crippen molar-refractivity contribution in [2.24, 2.45) is 0 Å². The minimum Gasteiger partial charge on any atom is -0.369 e. The molecule has 0 aliphatic rings. The number of hydrogen-bond acceptors (Lipinski definition) is 4. The standard InChI is InChI=1S/C13H14Br2N4/c1-2-16-12-11(15)13(19-8-18-12)17-7-9-5-3-4-6-10(9)14/h3-6,8H,2,7H2,1H3,(H2,16,17,18,19). The fourth-order valence-electron chi connectivity index (χ4n) is 1.60. The molecule has 1 aromatic carbocycles. The number of hydrogen-bond donors (Lipinski definition) is 2. The Labute approximate surface area is 129 Å². The lowest BCUT2D eigenvalue weighted by Crippen LogP contribution is -2.06. The molecule has 1 heterocycles. The van der Waals surface area contributed by atoms with Gasteiger partial charge in [-0.3, -0.25) is 0 Å². The van der Waals surface area contributed by atoms with Gasteiger partial charge in [0.25, 0.3) is 0 Å². The maximum absolute atomic E-state index is 4.24. The zero-order valence-corrected chi connectivity index (χ0v) is 13.6. The summed E-state index contributed by atoms with van der Waals surface area (Å²) in [6, 6.07) is 8.10. The Kier molecular flexibility index (Phi) is 5.15. The topological polar surface area (TPSA) is 49.8 Å². The van der Waals surface area contributed by atoms with Crippen molar-refractivity contribution in [3.63, 3.8) is 0 Å². The minimum absolute atomic E-state index is 0.697. The van der Waals surface area contributed by atoms with Crippen LogP contribution in [-0.4, -0.2) is 16.5 Å². The predicted molar refractivity (Wildman–Crippen MR) is 85.4 cm³/mol. The third kappa shape index (κ3) is 3.67. The maximum Gasteiger partial charge on any atom is 0.146 e. The quantitative estimate of drug-likeness (QED) is 0.815. The number of anilines is 2. The van der Waals surface area contributed by atoms with Gasteiger partial charge in [-0.25, -0.2) is 9.97 Å². The Bertz CT molecular complexity index is 560. The molecule has 0 spiro atoms. The van der Waals surface area contributed by atoms with Crippen molar-refractivity contribution in [3.8, 4) is 0 Å². The monoisotopic (exact) mass is 384 g/mol. The van der Waals surface area contributed by atoms with Gasteiger partial charge in [0.2, 0.25) is 0 Å². The first kappa shape index (κ1) is 14.3. The van der Waals surface area contributed by atoms with Crippen molar-refractivity contribution in [2.45, 2.75) is 13.5 Å². The molecule has 2 rings (SSSR count). The molecule has 6 heteroatoms. The Morgan fingerprint density at radius 1 is 1.05 bits per heavy atom. The summed E-state index contributed by atoms with van der Waals surface area (Å²) in [5.41, 5.74) is 1.18. The van der Waals surface area contributed by atoms with Gasteiger partial charge < -0.3 is 10.6 Å². The van der Waals surface area contributed by atoms with Crippen LogP contribution < -0.4 is 10.6 Å². The molecule has 0 fully saturated rings. The molecule has 2 aromatic rings. The number of rotatable bonds is 5. The van der Waals surface area contributed by atoms with Gasteiger partial charge in [0.15, 0.2) is 0 Å². The van der Waals surface area contributed by atoms with Gasteiger partial charge in [-0.15, -0.1) is 0 Å². The van der Waals surface area contributed by atoms with E-state index in [-0.39, 0.29) is 0 Å². The van der Waals surface area contributed by atoms with Crippen molar-refractivity contribution >= 4 is 43.5 Å². The zero-order valence-electron chi connectivity index (χ0n) is 10.5. The van der Waals surface area contributed by atoms with Crippen LogP contribution in [0.1, 0.15) is 12.5 Å². The lowest BCUT2D eigenvalue weighted by Gasteiger charge is -2.11. The van der Waals surface area contributed by atoms with Crippen molar-refractivity contribution in [1.82, 2.24) is 9.97 Å². The molecular weight excluding hydrogens is 372 g/mol. The number of nitrogens with one attached hydrogen (secondary N) is 2. The Balaban J connectivity index is 2.12. The van der Waals surface area contributed by atoms with Crippen molar-refractivity contribution in [3.05, 3.63) is 45.1 Å². The van der Waals surface area contributed by atoms with Crippen LogP contribution >= 0.6 is 31.9 Å². The van der Waals surface area contributed by atoms with E-state index < -0.39 is 0 Å². The first-order valence-corrected chi connectivity index (χ1v) is 7.52. The second-order valence-corrected chi connectivity index (χ2v) is 5.51. The Morgan fingerprint density at radius 3 is 2.42 bits per heavy atom. The highest BCUT2D eigenvalue weighted by Crippen LogP contribution is 2.27. The van der Waals surface area contributed by atoms with Gasteiger partial charge in [-0.2, -0.15) is 0 Å². The van der Waals surface area contributed by atoms with Crippen LogP contribution in [0.3, 0.4) is 0 Å². The van der Waals surface area contributed by atoms with E-state index in [9.17, 15) is 0 Å². The molecule has 0 saturated carbocycles. The fraction of sp³-hybridized carbons (Fsp3) is 0.231. The summed E-state index contributed by atoms with van der Waals surface area (Å²) < 4.78 is 1.93. The van der Waals surface area contributed by atoms with Crippen molar-refractivity contribution in [1.29, 1.82) is 0 Å². The average molecular weight is 386 g/mol. The van der Waals surface area contributed by atoms with Crippen LogP contribution in [0.5, 0.6) is 0 Å². The molecular formula is C13H14Br2N4. The number of nitrogens with zero attached hydrogens (tertiary/aromatic N) is 2. The molecule has 0 amide bonds. The van der Waals surface area contributed by atoms with Crippen LogP contribution in [0.15, 0.2) is 39.5 Å². The van der Waals surface area contributed by atoms with Gasteiger partial charge in [-0.1, -0.05) is 34.1 Å². The van der Waals surface area contributed by atoms with Gasteiger partial charge in [-0.05, 0) is 34.5 Å². The van der Waals surface area contributed by atoms with Gasteiger partial charge in [0.05, 0.1) is 0 Å². The predicted octanol–water partition coefficient (Wildman–Crippen LogP) is 4.05. The smallest absolute Gasteiger partial charge is 0.146 e. The van der Waals surface area contributed by atoms with Crippen molar-refractivity contribution < 1.29 is 0 Å². The lowest BCUT2D eigenvalue weighted by molar-refractivity contribution is 1.05. The van der Waals surface area contributed by atoms with Gasteiger partial charge in [0, 0.05) is 17.6 Å². The van der Waals surface area contributed by atoms with Crippen LogP contribution in [0.25, 0.3) is 0 Å². The fourth-order valence-corrected chi connectivity index (χ4v) is 2.51. The molecule has 0 radical (unpaired) electrons. The van der Waals surface area contributed by atoms with Crippen LogP contribution in [0.2, 0.25) is 0 Å². The molecule has 0 bridgehead atoms. The molecule has 0 unspecified atom stereocenters. The third-order valence-electron chi connectivity index (χ3n) is 2.54. The summed E-state index contributed by atoms with van der Waals surface area (Å²) in [4.78, 5) is 8.42. The highest BCUT2D eigenvalue weighted by Gasteiger charge is 2.08. The highest BCUT2D eigenvalue weighted by molar-refractivity contribution is 9.11. The lowest BCUT2D eigenvalue weighted by atomic mass is 10.2. The molecule has 0 atom stereocenters. The molecule has 2 N–H and O–H groups in total. The summed E-state index contributed by atoms with van der Waals surface area (Å²) in [7, 11) is 0. The van der Waals surface area contributed by atoms with Crippen LogP contribution in [-0.2, 0) is 6.54 Å². The highest BCUT2D eigenvalue weighted by atomic mass is 79.9. The normalized spacial score (nSPS) is 10.3. The maximum atomic E-state index is 4.24. The van der Waals surface area contributed by atoms with Crippen molar-refractivity contribution in [2.75, 3.05) is 17.2 Å². The average Bonchev–Trinajstić information content (AvgIpc) is 2.42. The second kappa shape index (κ2) is 6.86. The Hall–Kier alpha value is -1.14. The molecule has 0 saturated heterocycles. The summed E-state index contributed by atoms with van der Waals surface area (Å²) in [6.45, 7) is 3.55. The molecule has 1 aromatic heterocycles. The summed E-state index contributed by atoms with van der Waals surface area (Å²) in [6.07, 6.45) is 1.55. The molecule has 4 nitrogen and oxygen atoms in total. The first-order valence-electron chi connectivity index (χ1n) is 5.94. The first-order chi connectivity index (χ1) is 9.22. The number of benzene rings is 1. The Morgan fingerprint density at radius 2 is 1.74 bits per heavy atom. The largest absolute Gasteiger partial charge is 0.369 e.